The minimum atomic E-state index is -3.77. The molecule has 0 amide bonds. The van der Waals surface area contributed by atoms with Gasteiger partial charge < -0.3 is 9.47 Å². The Balaban J connectivity index is 2.27. The number of sulfonamides is 1. The van der Waals surface area contributed by atoms with Crippen LogP contribution in [0.4, 0.5) is 0 Å². The first kappa shape index (κ1) is 20.9. The van der Waals surface area contributed by atoms with Gasteiger partial charge in [-0.05, 0) is 30.7 Å². The molecule has 0 spiro atoms. The summed E-state index contributed by atoms with van der Waals surface area (Å²) in [7, 11) is -2.38. The van der Waals surface area contributed by atoms with E-state index in [1.165, 1.54) is 29.6 Å². The number of benzene rings is 2. The van der Waals surface area contributed by atoms with Gasteiger partial charge in [0.2, 0.25) is 10.0 Å². The number of methoxy groups -OCH3 is 1. The second kappa shape index (κ2) is 9.01. The molecule has 0 atom stereocenters. The maximum atomic E-state index is 12.9. The van der Waals surface area contributed by atoms with Crippen molar-refractivity contribution in [3.05, 3.63) is 59.2 Å². The molecule has 0 fully saturated rings. The minimum Gasteiger partial charge on any atom is -0.495 e. The number of ether oxygens (including phenoxy) is 2. The van der Waals surface area contributed by atoms with Crippen molar-refractivity contribution in [1.29, 1.82) is 0 Å². The molecule has 146 valence electrons. The summed E-state index contributed by atoms with van der Waals surface area (Å²) in [5, 5.41) is 0. The number of rotatable bonds is 8. The number of hydrogen-bond acceptors (Lipinski definition) is 5. The molecule has 0 radical (unpaired) electrons. The highest BCUT2D eigenvalue weighted by atomic mass is 32.2. The van der Waals surface area contributed by atoms with Gasteiger partial charge in [0, 0.05) is 13.1 Å². The average Bonchev–Trinajstić information content (AvgIpc) is 2.67. The Hall–Kier alpha value is -2.38. The normalized spacial score (nSPS) is 11.4. The average molecular weight is 391 g/mol. The second-order valence-electron chi connectivity index (χ2n) is 6.02. The first-order valence-corrected chi connectivity index (χ1v) is 10.2. The second-order valence-corrected chi connectivity index (χ2v) is 7.92. The van der Waals surface area contributed by atoms with Gasteiger partial charge in [-0.1, -0.05) is 43.7 Å². The number of hydrogen-bond donors (Lipinski definition) is 0. The summed E-state index contributed by atoms with van der Waals surface area (Å²) >= 11 is 0. The third kappa shape index (κ3) is 4.87. The number of carbonyl (C=O) groups is 1. The van der Waals surface area contributed by atoms with Crippen molar-refractivity contribution in [3.63, 3.8) is 0 Å². The lowest BCUT2D eigenvalue weighted by atomic mass is 10.2. The van der Waals surface area contributed by atoms with E-state index >= 15 is 0 Å². The lowest BCUT2D eigenvalue weighted by molar-refractivity contribution is 0.0472. The van der Waals surface area contributed by atoms with Crippen molar-refractivity contribution < 1.29 is 22.7 Å². The fourth-order valence-corrected chi connectivity index (χ4v) is 4.26. The van der Waals surface area contributed by atoms with Gasteiger partial charge in [-0.3, -0.25) is 0 Å². The van der Waals surface area contributed by atoms with Crippen LogP contribution in [0, 0.1) is 6.92 Å². The van der Waals surface area contributed by atoms with Crippen LogP contribution in [0.2, 0.25) is 0 Å². The quantitative estimate of drug-likeness (QED) is 0.645. The van der Waals surface area contributed by atoms with Gasteiger partial charge in [0.15, 0.2) is 0 Å². The maximum absolute atomic E-state index is 12.9. The molecule has 27 heavy (non-hydrogen) atoms. The van der Waals surface area contributed by atoms with Gasteiger partial charge in [0.05, 0.1) is 12.7 Å². The highest BCUT2D eigenvalue weighted by Crippen LogP contribution is 2.28. The van der Waals surface area contributed by atoms with Crippen molar-refractivity contribution in [2.75, 3.05) is 20.2 Å². The zero-order chi connectivity index (χ0) is 20.0. The zero-order valence-electron chi connectivity index (χ0n) is 16.1. The van der Waals surface area contributed by atoms with Crippen LogP contribution in [0.3, 0.4) is 0 Å². The Morgan fingerprint density at radius 2 is 1.67 bits per heavy atom. The number of esters is 1. The first-order chi connectivity index (χ1) is 12.8. The molecule has 0 saturated heterocycles. The Morgan fingerprint density at radius 3 is 2.22 bits per heavy atom. The van der Waals surface area contributed by atoms with E-state index in [1.807, 2.05) is 31.2 Å². The Kier molecular flexibility index (Phi) is 6.98. The highest BCUT2D eigenvalue weighted by Gasteiger charge is 2.27. The predicted octanol–water partition coefficient (Wildman–Crippen LogP) is 3.39. The van der Waals surface area contributed by atoms with Crippen molar-refractivity contribution in [2.24, 2.45) is 0 Å². The monoisotopic (exact) mass is 391 g/mol. The van der Waals surface area contributed by atoms with Gasteiger partial charge in [-0.25, -0.2) is 13.2 Å². The molecule has 0 N–H and O–H groups in total. The Morgan fingerprint density at radius 1 is 1.04 bits per heavy atom. The molecule has 0 aliphatic heterocycles. The van der Waals surface area contributed by atoms with E-state index in [9.17, 15) is 13.2 Å². The van der Waals surface area contributed by atoms with Crippen LogP contribution in [0.1, 0.15) is 35.3 Å². The van der Waals surface area contributed by atoms with E-state index < -0.39 is 16.0 Å². The molecule has 2 aromatic carbocycles. The van der Waals surface area contributed by atoms with E-state index in [0.717, 1.165) is 11.1 Å². The number of carbonyl (C=O) groups excluding carboxylic acids is 1. The van der Waals surface area contributed by atoms with Gasteiger partial charge in [0.25, 0.3) is 0 Å². The SMILES string of the molecule is CCN(CC)S(=O)(=O)c1cc(C(=O)OCc2ccc(C)cc2)ccc1OC. The summed E-state index contributed by atoms with van der Waals surface area (Å²) in [6.07, 6.45) is 0. The zero-order valence-corrected chi connectivity index (χ0v) is 16.9. The van der Waals surface area contributed by atoms with Crippen molar-refractivity contribution in [3.8, 4) is 5.75 Å². The molecule has 6 nitrogen and oxygen atoms in total. The maximum Gasteiger partial charge on any atom is 0.338 e. The third-order valence-electron chi connectivity index (χ3n) is 4.21. The Bertz CT molecular complexity index is 887. The Labute approximate surface area is 160 Å². The predicted molar refractivity (Wildman–Crippen MR) is 103 cm³/mol. The standard InChI is InChI=1S/C20H25NO5S/c1-5-21(6-2)27(23,24)19-13-17(11-12-18(19)25-4)20(22)26-14-16-9-7-15(3)8-10-16/h7-13H,5-6,14H2,1-4H3. The summed E-state index contributed by atoms with van der Waals surface area (Å²) in [5.74, 6) is -0.397. The van der Waals surface area contributed by atoms with Crippen LogP contribution in [0.5, 0.6) is 5.75 Å². The van der Waals surface area contributed by atoms with Crippen LogP contribution < -0.4 is 4.74 Å². The summed E-state index contributed by atoms with van der Waals surface area (Å²) in [5.41, 5.74) is 2.14. The lowest BCUT2D eigenvalue weighted by Crippen LogP contribution is -2.31. The highest BCUT2D eigenvalue weighted by molar-refractivity contribution is 7.89. The summed E-state index contributed by atoms with van der Waals surface area (Å²) in [4.78, 5) is 12.4. The summed E-state index contributed by atoms with van der Waals surface area (Å²) < 4.78 is 37.5. The van der Waals surface area contributed by atoms with Crippen molar-refractivity contribution >= 4 is 16.0 Å². The third-order valence-corrected chi connectivity index (χ3v) is 6.28. The molecular formula is C20H25NO5S. The molecular weight excluding hydrogens is 366 g/mol. The molecule has 0 aromatic heterocycles. The van der Waals surface area contributed by atoms with E-state index in [4.69, 9.17) is 9.47 Å². The largest absolute Gasteiger partial charge is 0.495 e. The lowest BCUT2D eigenvalue weighted by Gasteiger charge is -2.20. The molecule has 0 heterocycles. The molecule has 2 aromatic rings. The van der Waals surface area contributed by atoms with E-state index in [2.05, 4.69) is 0 Å². The molecule has 0 aliphatic carbocycles. The van der Waals surface area contributed by atoms with E-state index in [1.54, 1.807) is 13.8 Å². The summed E-state index contributed by atoms with van der Waals surface area (Å²) in [6, 6.07) is 11.9. The van der Waals surface area contributed by atoms with Gasteiger partial charge in [-0.2, -0.15) is 4.31 Å². The smallest absolute Gasteiger partial charge is 0.338 e. The van der Waals surface area contributed by atoms with Crippen LogP contribution in [-0.2, 0) is 21.4 Å². The molecule has 7 heteroatoms. The van der Waals surface area contributed by atoms with Crippen LogP contribution in [-0.4, -0.2) is 38.9 Å². The van der Waals surface area contributed by atoms with Crippen LogP contribution in [0.25, 0.3) is 0 Å². The molecule has 0 saturated carbocycles. The van der Waals surface area contributed by atoms with Gasteiger partial charge in [0.1, 0.15) is 17.3 Å². The topological polar surface area (TPSA) is 72.9 Å². The van der Waals surface area contributed by atoms with E-state index in [-0.39, 0.29) is 22.8 Å². The fraction of sp³-hybridized carbons (Fsp3) is 0.350. The molecule has 0 aliphatic rings. The number of aryl methyl sites for hydroxylation is 1. The molecule has 0 unspecified atom stereocenters. The van der Waals surface area contributed by atoms with E-state index in [0.29, 0.717) is 13.1 Å². The minimum absolute atomic E-state index is 0.0431. The van der Waals surface area contributed by atoms with Crippen molar-refractivity contribution in [2.45, 2.75) is 32.3 Å². The van der Waals surface area contributed by atoms with Gasteiger partial charge >= 0.3 is 5.97 Å². The van der Waals surface area contributed by atoms with Crippen molar-refractivity contribution in [1.82, 2.24) is 4.31 Å². The fourth-order valence-electron chi connectivity index (χ4n) is 2.62. The van der Waals surface area contributed by atoms with Crippen LogP contribution in [0.15, 0.2) is 47.4 Å². The van der Waals surface area contributed by atoms with Gasteiger partial charge in [-0.15, -0.1) is 0 Å². The first-order valence-electron chi connectivity index (χ1n) is 8.74. The molecule has 0 bridgehead atoms. The molecule has 2 rings (SSSR count). The summed E-state index contributed by atoms with van der Waals surface area (Å²) in [6.45, 7) is 6.25. The van der Waals surface area contributed by atoms with Crippen LogP contribution >= 0.6 is 0 Å². The number of nitrogens with zero attached hydrogens (tertiary/aromatic N) is 1.